The molecular formula is C34H56O. The zero-order chi connectivity index (χ0) is 27.8. The topological polar surface area (TPSA) is 20.2 Å². The van der Waals surface area contributed by atoms with Gasteiger partial charge in [-0.3, -0.25) is 0 Å². The summed E-state index contributed by atoms with van der Waals surface area (Å²) in [6.45, 7) is 32.9. The molecule has 2 rings (SSSR count). The minimum atomic E-state index is -0.785. The van der Waals surface area contributed by atoms with E-state index in [2.05, 4.69) is 86.7 Å². The third-order valence-electron chi connectivity index (χ3n) is 5.81. The van der Waals surface area contributed by atoms with E-state index in [9.17, 15) is 5.11 Å². The Kier molecular flexibility index (Phi) is 17.4. The first-order chi connectivity index (χ1) is 16.0. The third kappa shape index (κ3) is 17.9. The summed E-state index contributed by atoms with van der Waals surface area (Å²) >= 11 is 0. The molecule has 0 aliphatic rings. The van der Waals surface area contributed by atoms with Gasteiger partial charge in [-0.15, -0.1) is 13.2 Å². The second-order valence-electron chi connectivity index (χ2n) is 11.5. The van der Waals surface area contributed by atoms with Crippen LogP contribution in [-0.4, -0.2) is 5.11 Å². The summed E-state index contributed by atoms with van der Waals surface area (Å²) in [7, 11) is 0. The molecule has 35 heavy (non-hydrogen) atoms. The summed E-state index contributed by atoms with van der Waals surface area (Å²) in [6.07, 6.45) is 3.27. The number of allylic oxidation sites excluding steroid dienone is 1. The van der Waals surface area contributed by atoms with E-state index in [1.165, 1.54) is 35.1 Å². The first kappa shape index (κ1) is 35.0. The smallest absolute Gasteiger partial charge is 0.0905 e. The fourth-order valence-corrected chi connectivity index (χ4v) is 2.98. The van der Waals surface area contributed by atoms with E-state index in [1.54, 1.807) is 0 Å². The van der Waals surface area contributed by atoms with Crippen molar-refractivity contribution in [1.29, 1.82) is 0 Å². The minimum Gasteiger partial charge on any atom is -0.385 e. The van der Waals surface area contributed by atoms with Crippen molar-refractivity contribution in [3.8, 4) is 0 Å². The van der Waals surface area contributed by atoms with Crippen LogP contribution in [-0.2, 0) is 11.0 Å². The maximum atomic E-state index is 10.1. The van der Waals surface area contributed by atoms with Crippen molar-refractivity contribution in [3.05, 3.63) is 95.1 Å². The van der Waals surface area contributed by atoms with Crippen molar-refractivity contribution in [2.45, 2.75) is 113 Å². The molecule has 0 heterocycles. The van der Waals surface area contributed by atoms with Crippen LogP contribution in [0.3, 0.4) is 0 Å². The number of hydrogen-bond acceptors (Lipinski definition) is 1. The molecule has 1 nitrogen and oxygen atoms in total. The van der Waals surface area contributed by atoms with Crippen LogP contribution in [0, 0.1) is 19.8 Å². The maximum absolute atomic E-state index is 10.1. The second-order valence-corrected chi connectivity index (χ2v) is 11.5. The molecule has 0 aromatic heterocycles. The van der Waals surface area contributed by atoms with E-state index >= 15 is 0 Å². The summed E-state index contributed by atoms with van der Waals surface area (Å²) in [5.41, 5.74) is 6.79. The van der Waals surface area contributed by atoms with Crippen LogP contribution < -0.4 is 0 Å². The average molecular weight is 481 g/mol. The highest BCUT2D eigenvalue weighted by Gasteiger charge is 2.22. The molecule has 198 valence electrons. The van der Waals surface area contributed by atoms with Crippen molar-refractivity contribution in [3.63, 3.8) is 0 Å². The standard InChI is InChI=1S/C12H16O.C12H18.C6H14.C4H8/c1-10(2)9-12(3,13)11-7-5-4-6-8-11;1-9-6-7-11(8-10(9)2)12(3,4)5;1-4-6(3)5-2;1-4(2)3/h4-8,13H,1,9H2,2-3H3;6-8H,1-5H3;6H,4-5H2,1-3H3;1H2,2-3H3/t12-;;;/m0.../s1. The number of benzene rings is 2. The lowest BCUT2D eigenvalue weighted by molar-refractivity contribution is 0.0578. The van der Waals surface area contributed by atoms with Crippen LogP contribution in [0.25, 0.3) is 0 Å². The van der Waals surface area contributed by atoms with Crippen molar-refractivity contribution in [2.75, 3.05) is 0 Å². The first-order valence-corrected chi connectivity index (χ1v) is 13.1. The lowest BCUT2D eigenvalue weighted by atomic mass is 9.85. The summed E-state index contributed by atoms with van der Waals surface area (Å²) in [6, 6.07) is 16.4. The van der Waals surface area contributed by atoms with Gasteiger partial charge in [-0.05, 0) is 75.1 Å². The van der Waals surface area contributed by atoms with Crippen molar-refractivity contribution in [2.24, 2.45) is 5.92 Å². The summed E-state index contributed by atoms with van der Waals surface area (Å²) in [4.78, 5) is 0. The molecule has 0 saturated carbocycles. The Morgan fingerprint density at radius 3 is 1.57 bits per heavy atom. The Hall–Kier alpha value is -2.12. The van der Waals surface area contributed by atoms with Gasteiger partial charge in [-0.1, -0.05) is 114 Å². The molecule has 1 heteroatoms. The minimum absolute atomic E-state index is 0.276. The summed E-state index contributed by atoms with van der Waals surface area (Å²) < 4.78 is 0. The fourth-order valence-electron chi connectivity index (χ4n) is 2.98. The largest absolute Gasteiger partial charge is 0.385 e. The lowest BCUT2D eigenvalue weighted by Gasteiger charge is -2.23. The molecule has 0 amide bonds. The summed E-state index contributed by atoms with van der Waals surface area (Å²) in [5, 5.41) is 10.1. The van der Waals surface area contributed by atoms with Gasteiger partial charge in [0, 0.05) is 6.42 Å². The molecule has 2 aromatic carbocycles. The Morgan fingerprint density at radius 1 is 0.800 bits per heavy atom. The highest BCUT2D eigenvalue weighted by atomic mass is 16.3. The molecule has 0 saturated heterocycles. The maximum Gasteiger partial charge on any atom is 0.0905 e. The molecule has 0 aliphatic carbocycles. The van der Waals surface area contributed by atoms with Gasteiger partial charge in [0.2, 0.25) is 0 Å². The van der Waals surface area contributed by atoms with Crippen LogP contribution >= 0.6 is 0 Å². The first-order valence-electron chi connectivity index (χ1n) is 13.1. The monoisotopic (exact) mass is 480 g/mol. The average Bonchev–Trinajstić information content (AvgIpc) is 2.74. The summed E-state index contributed by atoms with van der Waals surface area (Å²) in [5.74, 6) is 0.935. The fraction of sp³-hybridized carbons (Fsp3) is 0.529. The molecule has 0 fully saturated rings. The van der Waals surface area contributed by atoms with E-state index in [0.29, 0.717) is 6.42 Å². The van der Waals surface area contributed by atoms with Crippen LogP contribution in [0.2, 0.25) is 0 Å². The van der Waals surface area contributed by atoms with Crippen LogP contribution in [0.5, 0.6) is 0 Å². The highest BCUT2D eigenvalue weighted by Crippen LogP contribution is 2.27. The van der Waals surface area contributed by atoms with Gasteiger partial charge in [-0.2, -0.15) is 0 Å². The lowest BCUT2D eigenvalue weighted by Crippen LogP contribution is -2.20. The number of hydrogen-bond donors (Lipinski definition) is 1. The molecule has 0 bridgehead atoms. The molecule has 1 atom stereocenters. The molecule has 0 radical (unpaired) electrons. The van der Waals surface area contributed by atoms with Gasteiger partial charge in [0.25, 0.3) is 0 Å². The van der Waals surface area contributed by atoms with E-state index < -0.39 is 5.60 Å². The molecule has 0 aliphatic heterocycles. The quantitative estimate of drug-likeness (QED) is 0.422. The number of rotatable bonds is 5. The highest BCUT2D eigenvalue weighted by molar-refractivity contribution is 5.33. The van der Waals surface area contributed by atoms with Crippen molar-refractivity contribution in [1.82, 2.24) is 0 Å². The second kappa shape index (κ2) is 17.3. The zero-order valence-corrected chi connectivity index (χ0v) is 25.2. The molecule has 0 spiro atoms. The van der Waals surface area contributed by atoms with Gasteiger partial charge in [0.15, 0.2) is 0 Å². The normalized spacial score (nSPS) is 12.1. The van der Waals surface area contributed by atoms with Crippen LogP contribution in [0.4, 0.5) is 0 Å². The Bertz CT molecular complexity index is 842. The van der Waals surface area contributed by atoms with Crippen molar-refractivity contribution < 1.29 is 5.11 Å². The molecule has 0 unspecified atom stereocenters. The van der Waals surface area contributed by atoms with Gasteiger partial charge >= 0.3 is 0 Å². The number of aliphatic hydroxyl groups is 1. The number of aryl methyl sites for hydroxylation is 2. The SMILES string of the molecule is C=C(C)C.C=C(C)C[C@](C)(O)c1ccccc1.CCC(C)CC.Cc1ccc(C(C)(C)C)cc1C. The van der Waals surface area contributed by atoms with Gasteiger partial charge < -0.3 is 5.11 Å². The van der Waals surface area contributed by atoms with Gasteiger partial charge in [0.05, 0.1) is 5.60 Å². The van der Waals surface area contributed by atoms with E-state index in [-0.39, 0.29) is 5.41 Å². The van der Waals surface area contributed by atoms with E-state index in [1.807, 2.05) is 58.0 Å². The third-order valence-corrected chi connectivity index (χ3v) is 5.81. The van der Waals surface area contributed by atoms with Crippen molar-refractivity contribution >= 4 is 0 Å². The Balaban J connectivity index is 0. The molecule has 1 N–H and O–H groups in total. The van der Waals surface area contributed by atoms with E-state index in [4.69, 9.17) is 0 Å². The van der Waals surface area contributed by atoms with Gasteiger partial charge in [-0.25, -0.2) is 0 Å². The predicted octanol–water partition coefficient (Wildman–Crippen LogP) is 10.5. The van der Waals surface area contributed by atoms with Gasteiger partial charge in [0.1, 0.15) is 0 Å². The Labute approximate surface area is 219 Å². The van der Waals surface area contributed by atoms with Crippen LogP contribution in [0.15, 0.2) is 72.8 Å². The van der Waals surface area contributed by atoms with Crippen LogP contribution in [0.1, 0.15) is 111 Å². The molecule has 2 aromatic rings. The predicted molar refractivity (Wildman–Crippen MR) is 160 cm³/mol. The Morgan fingerprint density at radius 2 is 1.26 bits per heavy atom. The zero-order valence-electron chi connectivity index (χ0n) is 25.2. The van der Waals surface area contributed by atoms with E-state index in [0.717, 1.165) is 17.1 Å². The molecular weight excluding hydrogens is 424 g/mol.